The monoisotopic (exact) mass is 842 g/mol. The average Bonchev–Trinajstić information content (AvgIpc) is 3.19. The smallest absolute Gasteiger partial charge is 0.416 e. The van der Waals surface area contributed by atoms with Gasteiger partial charge in [0.1, 0.15) is 5.69 Å². The van der Waals surface area contributed by atoms with Crippen LogP contribution < -0.4 is 15.0 Å². The topological polar surface area (TPSA) is 155 Å². The number of hydrogen-bond acceptors (Lipinski definition) is 12. The minimum atomic E-state index is -5.08. The molecule has 59 heavy (non-hydrogen) atoms. The normalized spacial score (nSPS) is 15.3. The number of halogens is 6. The summed E-state index contributed by atoms with van der Waals surface area (Å²) in [6.07, 6.45) is -9.29. The van der Waals surface area contributed by atoms with E-state index in [-0.39, 0.29) is 106 Å². The van der Waals surface area contributed by atoms with Crippen molar-refractivity contribution in [3.05, 3.63) is 70.3 Å². The molecule has 2 atom stereocenters. The molecule has 20 heteroatoms. The standard InChI is InChI=1S/C39H48F6N6O8/c1-6-27-22-30(34-31(51(27)37(54)58-8-3)12-11-28(47-34)35(53)50(13-16-55-4)14-17-56-5)49-36-46-23-32(59-15-9-10-33(52)57-7-2)29(48-36)20-24-18-25(38(40,41)42)21-26(19-24)39(43,44)45/h11-12,18-19,21,23,27,30H,6-10,13-17,20,22H2,1-5H3,(H,46,48,49)/t27-,30+/m1/s1. The average molecular weight is 843 g/mol. The second kappa shape index (κ2) is 21.1. The molecule has 0 unspecified atom stereocenters. The number of esters is 1. The van der Waals surface area contributed by atoms with Crippen molar-refractivity contribution in [2.45, 2.75) is 77.3 Å². The summed E-state index contributed by atoms with van der Waals surface area (Å²) in [7, 11) is 3.00. The van der Waals surface area contributed by atoms with Crippen LogP contribution in [0.5, 0.6) is 5.75 Å². The lowest BCUT2D eigenvalue weighted by Crippen LogP contribution is -2.46. The van der Waals surface area contributed by atoms with Crippen LogP contribution >= 0.6 is 0 Å². The molecule has 3 aromatic rings. The molecule has 0 saturated heterocycles. The molecule has 0 radical (unpaired) electrons. The number of anilines is 2. The summed E-state index contributed by atoms with van der Waals surface area (Å²) in [4.78, 5) is 55.5. The number of carbonyl (C=O) groups is 3. The van der Waals surface area contributed by atoms with E-state index >= 15 is 0 Å². The Morgan fingerprint density at radius 1 is 0.881 bits per heavy atom. The third-order valence-corrected chi connectivity index (χ3v) is 9.18. The van der Waals surface area contributed by atoms with Crippen LogP contribution in [0, 0.1) is 0 Å². The van der Waals surface area contributed by atoms with Gasteiger partial charge in [0.15, 0.2) is 5.75 Å². The first-order valence-corrected chi connectivity index (χ1v) is 19.0. The van der Waals surface area contributed by atoms with E-state index in [4.69, 9.17) is 28.7 Å². The van der Waals surface area contributed by atoms with Crippen LogP contribution in [0.4, 0.5) is 42.8 Å². The van der Waals surface area contributed by atoms with Gasteiger partial charge in [0, 0.05) is 46.2 Å². The Bertz CT molecular complexity index is 1860. The van der Waals surface area contributed by atoms with E-state index in [0.29, 0.717) is 24.2 Å². The molecular formula is C39H48F6N6O8. The first-order valence-electron chi connectivity index (χ1n) is 19.0. The number of alkyl halides is 6. The summed E-state index contributed by atoms with van der Waals surface area (Å²) >= 11 is 0. The predicted octanol–water partition coefficient (Wildman–Crippen LogP) is 7.26. The summed E-state index contributed by atoms with van der Waals surface area (Å²) < 4.78 is 109. The highest BCUT2D eigenvalue weighted by molar-refractivity contribution is 5.94. The first kappa shape index (κ1) is 46.4. The molecule has 1 aliphatic heterocycles. The van der Waals surface area contributed by atoms with E-state index in [1.807, 2.05) is 6.92 Å². The Morgan fingerprint density at radius 3 is 2.10 bits per heavy atom. The molecule has 1 N–H and O–H groups in total. The summed E-state index contributed by atoms with van der Waals surface area (Å²) in [5.41, 5.74) is -2.79. The van der Waals surface area contributed by atoms with Gasteiger partial charge in [0.25, 0.3) is 5.91 Å². The van der Waals surface area contributed by atoms with Crippen molar-refractivity contribution in [1.29, 1.82) is 0 Å². The van der Waals surface area contributed by atoms with Gasteiger partial charge in [-0.2, -0.15) is 26.3 Å². The molecule has 0 fully saturated rings. The third kappa shape index (κ3) is 12.6. The lowest BCUT2D eigenvalue weighted by molar-refractivity contribution is -0.144. The number of pyridine rings is 1. The van der Waals surface area contributed by atoms with E-state index in [9.17, 15) is 40.7 Å². The molecule has 2 amide bonds. The lowest BCUT2D eigenvalue weighted by Gasteiger charge is -2.39. The molecular weight excluding hydrogens is 794 g/mol. The molecule has 14 nitrogen and oxygen atoms in total. The van der Waals surface area contributed by atoms with Crippen molar-refractivity contribution in [2.24, 2.45) is 0 Å². The molecule has 2 aromatic heterocycles. The summed E-state index contributed by atoms with van der Waals surface area (Å²) in [6, 6.07) is 3.10. The van der Waals surface area contributed by atoms with Gasteiger partial charge in [-0.15, -0.1) is 0 Å². The van der Waals surface area contributed by atoms with Gasteiger partial charge in [-0.25, -0.2) is 19.7 Å². The fourth-order valence-corrected chi connectivity index (χ4v) is 6.35. The van der Waals surface area contributed by atoms with E-state index in [1.54, 1.807) is 19.9 Å². The van der Waals surface area contributed by atoms with E-state index < -0.39 is 60.0 Å². The second-order valence-electron chi connectivity index (χ2n) is 13.3. The van der Waals surface area contributed by atoms with E-state index in [2.05, 4.69) is 15.3 Å². The number of fused-ring (bicyclic) bond motifs is 1. The van der Waals surface area contributed by atoms with Crippen LogP contribution in [0.25, 0.3) is 0 Å². The Morgan fingerprint density at radius 2 is 1.53 bits per heavy atom. The van der Waals surface area contributed by atoms with Crippen molar-refractivity contribution < 1.29 is 64.4 Å². The summed E-state index contributed by atoms with van der Waals surface area (Å²) in [5.74, 6) is -1.07. The molecule has 324 valence electrons. The van der Waals surface area contributed by atoms with Crippen LogP contribution in [0.3, 0.4) is 0 Å². The number of benzene rings is 1. The number of aromatic nitrogens is 3. The van der Waals surface area contributed by atoms with Gasteiger partial charge in [0.05, 0.1) is 73.5 Å². The summed E-state index contributed by atoms with van der Waals surface area (Å²) in [6.45, 7) is 6.29. The van der Waals surface area contributed by atoms with Crippen molar-refractivity contribution >= 4 is 29.6 Å². The minimum absolute atomic E-state index is 0.0112. The number of hydrogen-bond donors (Lipinski definition) is 1. The maximum Gasteiger partial charge on any atom is 0.416 e. The van der Waals surface area contributed by atoms with Crippen LogP contribution in [-0.2, 0) is 42.5 Å². The minimum Gasteiger partial charge on any atom is -0.490 e. The van der Waals surface area contributed by atoms with E-state index in [1.165, 1.54) is 36.3 Å². The second-order valence-corrected chi connectivity index (χ2v) is 13.3. The Kier molecular flexibility index (Phi) is 16.6. The number of rotatable bonds is 19. The zero-order valence-corrected chi connectivity index (χ0v) is 33.4. The van der Waals surface area contributed by atoms with Crippen molar-refractivity contribution in [3.8, 4) is 5.75 Å². The number of carbonyl (C=O) groups excluding carboxylic acids is 3. The fourth-order valence-electron chi connectivity index (χ4n) is 6.35. The predicted molar refractivity (Wildman–Crippen MR) is 201 cm³/mol. The molecule has 0 saturated carbocycles. The first-order chi connectivity index (χ1) is 28.0. The van der Waals surface area contributed by atoms with Gasteiger partial charge in [-0.1, -0.05) is 6.92 Å². The van der Waals surface area contributed by atoms with Crippen molar-refractivity contribution in [2.75, 3.05) is 70.6 Å². The number of methoxy groups -OCH3 is 2. The van der Waals surface area contributed by atoms with E-state index in [0.717, 1.165) is 0 Å². The molecule has 1 aromatic carbocycles. The Labute approximate surface area is 337 Å². The highest BCUT2D eigenvalue weighted by Gasteiger charge is 2.39. The lowest BCUT2D eigenvalue weighted by atomic mass is 9.93. The third-order valence-electron chi connectivity index (χ3n) is 9.18. The fraction of sp³-hybridized carbons (Fsp3) is 0.538. The molecule has 3 heterocycles. The highest BCUT2D eigenvalue weighted by atomic mass is 19.4. The number of ether oxygens (including phenoxy) is 5. The molecule has 0 bridgehead atoms. The number of nitrogens with zero attached hydrogens (tertiary/aromatic N) is 5. The maximum atomic E-state index is 13.8. The number of nitrogens with one attached hydrogen (secondary N) is 1. The van der Waals surface area contributed by atoms with Gasteiger partial charge in [-0.05, 0) is 69.0 Å². The quantitative estimate of drug-likeness (QED) is 0.0734. The van der Waals surface area contributed by atoms with Crippen LogP contribution in [0.1, 0.15) is 91.1 Å². The SMILES string of the molecule is CCOC(=O)CCCOc1cnc(N[C@H]2C[C@@H](CC)N(C(=O)OCC)c3ccc(C(=O)N(CCOC)CCOC)nc32)nc1Cc1cc(C(F)(F)F)cc(C(F)(F)F)c1. The van der Waals surface area contributed by atoms with Crippen molar-refractivity contribution in [1.82, 2.24) is 19.9 Å². The van der Waals surface area contributed by atoms with Crippen LogP contribution in [0.2, 0.25) is 0 Å². The van der Waals surface area contributed by atoms with Crippen molar-refractivity contribution in [3.63, 3.8) is 0 Å². The van der Waals surface area contributed by atoms with Crippen LogP contribution in [0.15, 0.2) is 36.5 Å². The largest absolute Gasteiger partial charge is 0.490 e. The maximum absolute atomic E-state index is 13.8. The summed E-state index contributed by atoms with van der Waals surface area (Å²) in [5, 5.41) is 3.17. The van der Waals surface area contributed by atoms with Gasteiger partial charge < -0.3 is 33.9 Å². The van der Waals surface area contributed by atoms with Gasteiger partial charge >= 0.3 is 24.4 Å². The zero-order chi connectivity index (χ0) is 43.3. The Balaban J connectivity index is 1.79. The zero-order valence-electron chi connectivity index (χ0n) is 33.4. The molecule has 4 rings (SSSR count). The highest BCUT2D eigenvalue weighted by Crippen LogP contribution is 2.40. The van der Waals surface area contributed by atoms with Gasteiger partial charge in [-0.3, -0.25) is 14.5 Å². The van der Waals surface area contributed by atoms with Gasteiger partial charge in [0.2, 0.25) is 5.95 Å². The molecule has 1 aliphatic rings. The molecule has 0 spiro atoms. The Hall–Kier alpha value is -5.24. The van der Waals surface area contributed by atoms with Crippen LogP contribution in [-0.4, -0.2) is 104 Å². The molecule has 0 aliphatic carbocycles. The number of amides is 2.